The Hall–Kier alpha value is -1.19. The molecule has 0 aromatic rings. The highest BCUT2D eigenvalue weighted by Crippen LogP contribution is 2.31. The Bertz CT molecular complexity index is 274. The van der Waals surface area contributed by atoms with Gasteiger partial charge < -0.3 is 0 Å². The minimum atomic E-state index is -0.262. The standard InChI is InChI=1S/C10H15NO3/c1-7(12)6-11-8(13)4-10(2,3)5-9(11)14/h4-6H2,1-3H3. The number of hydrogen-bond acceptors (Lipinski definition) is 3. The van der Waals surface area contributed by atoms with E-state index in [1.165, 1.54) is 6.92 Å². The number of hydrogen-bond donors (Lipinski definition) is 0. The molecule has 1 aliphatic rings. The lowest BCUT2D eigenvalue weighted by Crippen LogP contribution is -2.47. The van der Waals surface area contributed by atoms with Crippen LogP contribution in [0.5, 0.6) is 0 Å². The first-order valence-corrected chi connectivity index (χ1v) is 4.64. The van der Waals surface area contributed by atoms with E-state index in [0.29, 0.717) is 12.8 Å². The van der Waals surface area contributed by atoms with Crippen molar-refractivity contribution in [1.82, 2.24) is 4.90 Å². The number of carbonyl (C=O) groups is 3. The summed E-state index contributed by atoms with van der Waals surface area (Å²) in [6.45, 7) is 5.07. The van der Waals surface area contributed by atoms with Crippen molar-refractivity contribution in [2.75, 3.05) is 6.54 Å². The van der Waals surface area contributed by atoms with Crippen LogP contribution < -0.4 is 0 Å². The van der Waals surface area contributed by atoms with Gasteiger partial charge in [-0.2, -0.15) is 0 Å². The van der Waals surface area contributed by atoms with E-state index in [2.05, 4.69) is 0 Å². The fourth-order valence-electron chi connectivity index (χ4n) is 1.61. The first kappa shape index (κ1) is 10.9. The second-order valence-electron chi connectivity index (χ2n) is 4.59. The number of piperidine rings is 1. The van der Waals surface area contributed by atoms with Gasteiger partial charge in [0.25, 0.3) is 0 Å². The van der Waals surface area contributed by atoms with Crippen molar-refractivity contribution < 1.29 is 14.4 Å². The molecule has 0 unspecified atom stereocenters. The number of imide groups is 1. The topological polar surface area (TPSA) is 54.5 Å². The summed E-state index contributed by atoms with van der Waals surface area (Å²) in [5.41, 5.74) is -0.262. The normalized spacial score (nSPS) is 21.2. The van der Waals surface area contributed by atoms with E-state index in [4.69, 9.17) is 0 Å². The highest BCUT2D eigenvalue weighted by atomic mass is 16.2. The van der Waals surface area contributed by atoms with Gasteiger partial charge in [0.15, 0.2) is 0 Å². The van der Waals surface area contributed by atoms with Crippen LogP contribution in [0.3, 0.4) is 0 Å². The number of Topliss-reactive ketones (excluding diaryl/α,β-unsaturated/α-hetero) is 1. The molecule has 4 nitrogen and oxygen atoms in total. The number of amides is 2. The van der Waals surface area contributed by atoms with E-state index in [1.54, 1.807) is 0 Å². The number of carbonyl (C=O) groups excluding carboxylic acids is 3. The minimum absolute atomic E-state index is 0.0756. The van der Waals surface area contributed by atoms with E-state index in [9.17, 15) is 14.4 Å². The number of ketones is 1. The monoisotopic (exact) mass is 197 g/mol. The van der Waals surface area contributed by atoms with E-state index in [-0.39, 0.29) is 29.6 Å². The van der Waals surface area contributed by atoms with Crippen LogP contribution in [0.2, 0.25) is 0 Å². The Kier molecular flexibility index (Phi) is 2.73. The molecule has 0 saturated carbocycles. The molecule has 1 fully saturated rings. The van der Waals surface area contributed by atoms with Crippen LogP contribution in [0.1, 0.15) is 33.6 Å². The molecule has 1 rings (SSSR count). The van der Waals surface area contributed by atoms with E-state index in [1.807, 2.05) is 13.8 Å². The smallest absolute Gasteiger partial charge is 0.230 e. The number of nitrogens with zero attached hydrogens (tertiary/aromatic N) is 1. The summed E-state index contributed by atoms with van der Waals surface area (Å²) in [6.07, 6.45) is 0.679. The average molecular weight is 197 g/mol. The van der Waals surface area contributed by atoms with Gasteiger partial charge in [-0.15, -0.1) is 0 Å². The van der Waals surface area contributed by atoms with Gasteiger partial charge in [0, 0.05) is 12.8 Å². The van der Waals surface area contributed by atoms with Crippen LogP contribution in [0.4, 0.5) is 0 Å². The molecule has 0 aliphatic carbocycles. The van der Waals surface area contributed by atoms with Gasteiger partial charge in [-0.1, -0.05) is 13.8 Å². The van der Waals surface area contributed by atoms with Gasteiger partial charge in [-0.3, -0.25) is 19.3 Å². The maximum absolute atomic E-state index is 11.5. The van der Waals surface area contributed by atoms with Crippen molar-refractivity contribution in [3.8, 4) is 0 Å². The van der Waals surface area contributed by atoms with Gasteiger partial charge in [-0.25, -0.2) is 0 Å². The Morgan fingerprint density at radius 2 is 1.71 bits per heavy atom. The second kappa shape index (κ2) is 3.52. The lowest BCUT2D eigenvalue weighted by Gasteiger charge is -2.34. The zero-order chi connectivity index (χ0) is 10.9. The summed E-state index contributed by atoms with van der Waals surface area (Å²) in [4.78, 5) is 34.9. The van der Waals surface area contributed by atoms with Crippen LogP contribution in [0.25, 0.3) is 0 Å². The maximum atomic E-state index is 11.5. The molecule has 0 spiro atoms. The highest BCUT2D eigenvalue weighted by molar-refractivity contribution is 6.01. The van der Waals surface area contributed by atoms with Gasteiger partial charge >= 0.3 is 0 Å². The summed E-state index contributed by atoms with van der Waals surface area (Å²) in [5.74, 6) is -0.630. The first-order valence-electron chi connectivity index (χ1n) is 4.64. The summed E-state index contributed by atoms with van der Waals surface area (Å²) >= 11 is 0. The van der Waals surface area contributed by atoms with Crippen molar-refractivity contribution in [2.24, 2.45) is 5.41 Å². The van der Waals surface area contributed by atoms with Gasteiger partial charge in [-0.05, 0) is 12.3 Å². The predicted molar refractivity (Wildman–Crippen MR) is 50.4 cm³/mol. The molecule has 14 heavy (non-hydrogen) atoms. The predicted octanol–water partition coefficient (Wildman–Crippen LogP) is 0.751. The largest absolute Gasteiger partial charge is 0.298 e. The molecule has 78 valence electrons. The zero-order valence-electron chi connectivity index (χ0n) is 8.79. The maximum Gasteiger partial charge on any atom is 0.230 e. The van der Waals surface area contributed by atoms with E-state index >= 15 is 0 Å². The van der Waals surface area contributed by atoms with Crippen molar-refractivity contribution >= 4 is 17.6 Å². The third kappa shape index (κ3) is 2.40. The van der Waals surface area contributed by atoms with Crippen molar-refractivity contribution in [3.63, 3.8) is 0 Å². The Morgan fingerprint density at radius 1 is 1.29 bits per heavy atom. The molecule has 0 radical (unpaired) electrons. The summed E-state index contributed by atoms with van der Waals surface area (Å²) in [6, 6.07) is 0. The molecule has 0 atom stereocenters. The Morgan fingerprint density at radius 3 is 2.07 bits per heavy atom. The van der Waals surface area contributed by atoms with Gasteiger partial charge in [0.2, 0.25) is 11.8 Å². The van der Waals surface area contributed by atoms with Crippen LogP contribution in [-0.4, -0.2) is 29.0 Å². The minimum Gasteiger partial charge on any atom is -0.298 e. The summed E-state index contributed by atoms with van der Waals surface area (Å²) in [7, 11) is 0. The molecule has 2 amide bonds. The second-order valence-corrected chi connectivity index (χ2v) is 4.59. The van der Waals surface area contributed by atoms with Gasteiger partial charge in [0.05, 0.1) is 6.54 Å². The molecular formula is C10H15NO3. The molecular weight excluding hydrogens is 182 g/mol. The average Bonchev–Trinajstić information content (AvgIpc) is 1.94. The lowest BCUT2D eigenvalue weighted by atomic mass is 9.82. The van der Waals surface area contributed by atoms with E-state index < -0.39 is 0 Å². The van der Waals surface area contributed by atoms with Crippen molar-refractivity contribution in [1.29, 1.82) is 0 Å². The molecule has 1 saturated heterocycles. The number of rotatable bonds is 2. The first-order chi connectivity index (χ1) is 6.32. The third-order valence-corrected chi connectivity index (χ3v) is 2.24. The summed E-state index contributed by atoms with van der Waals surface area (Å²) in [5, 5.41) is 0. The SMILES string of the molecule is CC(=O)CN1C(=O)CC(C)(C)CC1=O. The Balaban J connectivity index is 2.76. The quantitative estimate of drug-likeness (QED) is 0.614. The molecule has 0 bridgehead atoms. The van der Waals surface area contributed by atoms with Crippen molar-refractivity contribution in [3.05, 3.63) is 0 Å². The molecule has 0 aromatic carbocycles. The number of likely N-dealkylation sites (tertiary alicyclic amines) is 1. The third-order valence-electron chi connectivity index (χ3n) is 2.24. The zero-order valence-corrected chi connectivity index (χ0v) is 8.79. The van der Waals surface area contributed by atoms with Gasteiger partial charge in [0.1, 0.15) is 5.78 Å². The van der Waals surface area contributed by atoms with Crippen LogP contribution >= 0.6 is 0 Å². The molecule has 1 aliphatic heterocycles. The fourth-order valence-corrected chi connectivity index (χ4v) is 1.61. The van der Waals surface area contributed by atoms with Crippen LogP contribution in [-0.2, 0) is 14.4 Å². The van der Waals surface area contributed by atoms with Crippen molar-refractivity contribution in [2.45, 2.75) is 33.6 Å². The molecule has 1 heterocycles. The van der Waals surface area contributed by atoms with Crippen LogP contribution in [0, 0.1) is 5.41 Å². The summed E-state index contributed by atoms with van der Waals surface area (Å²) < 4.78 is 0. The highest BCUT2D eigenvalue weighted by Gasteiger charge is 2.37. The molecule has 0 aromatic heterocycles. The fraction of sp³-hybridized carbons (Fsp3) is 0.700. The van der Waals surface area contributed by atoms with E-state index in [0.717, 1.165) is 4.90 Å². The molecule has 0 N–H and O–H groups in total. The Labute approximate surface area is 83.3 Å². The lowest BCUT2D eigenvalue weighted by molar-refractivity contribution is -0.154. The van der Waals surface area contributed by atoms with Crippen LogP contribution in [0.15, 0.2) is 0 Å². The molecule has 4 heteroatoms.